The van der Waals surface area contributed by atoms with Gasteiger partial charge in [0, 0.05) is 0 Å². The number of ether oxygens (including phenoxy) is 1. The van der Waals surface area contributed by atoms with Crippen molar-refractivity contribution < 1.29 is 19.7 Å². The van der Waals surface area contributed by atoms with Crippen molar-refractivity contribution in [1.82, 2.24) is 0 Å². The Labute approximate surface area is 107 Å². The number of carboxylic acids is 1. The predicted molar refractivity (Wildman–Crippen MR) is 68.9 cm³/mol. The first-order chi connectivity index (χ1) is 8.34. The monoisotopic (exact) mass is 252 g/mol. The van der Waals surface area contributed by atoms with Crippen LogP contribution in [0.3, 0.4) is 0 Å². The van der Waals surface area contributed by atoms with E-state index < -0.39 is 11.6 Å². The number of carbonyl (C=O) groups is 1. The summed E-state index contributed by atoms with van der Waals surface area (Å²) in [6.07, 6.45) is 0.728. The number of carboxylic acid groups (broad SMARTS) is 1. The van der Waals surface area contributed by atoms with Gasteiger partial charge in [-0.3, -0.25) is 4.79 Å². The van der Waals surface area contributed by atoms with Gasteiger partial charge in [-0.15, -0.1) is 0 Å². The molecule has 0 aliphatic heterocycles. The van der Waals surface area contributed by atoms with Crippen molar-refractivity contribution in [3.63, 3.8) is 0 Å². The van der Waals surface area contributed by atoms with Crippen molar-refractivity contribution in [1.29, 1.82) is 0 Å². The zero-order chi connectivity index (χ0) is 13.8. The summed E-state index contributed by atoms with van der Waals surface area (Å²) in [5, 5.41) is 18.7. The minimum Gasteiger partial charge on any atom is -0.496 e. The fraction of sp³-hybridized carbons (Fsp3) is 0.500. The highest BCUT2D eigenvalue weighted by molar-refractivity contribution is 5.68. The highest BCUT2D eigenvalue weighted by atomic mass is 16.5. The van der Waals surface area contributed by atoms with Crippen LogP contribution in [0.4, 0.5) is 0 Å². The van der Waals surface area contributed by atoms with Crippen molar-refractivity contribution in [3.8, 4) is 5.75 Å². The lowest BCUT2D eigenvalue weighted by molar-refractivity contribution is -0.142. The minimum absolute atomic E-state index is 0.249. The van der Waals surface area contributed by atoms with E-state index in [1.165, 1.54) is 0 Å². The Balaban J connectivity index is 2.73. The fourth-order valence-corrected chi connectivity index (χ4v) is 1.92. The minimum atomic E-state index is -1.19. The van der Waals surface area contributed by atoms with Gasteiger partial charge in [0.05, 0.1) is 19.1 Å². The van der Waals surface area contributed by atoms with E-state index in [0.29, 0.717) is 12.8 Å². The second-order valence-corrected chi connectivity index (χ2v) is 4.88. The van der Waals surface area contributed by atoms with Crippen LogP contribution in [0.2, 0.25) is 0 Å². The van der Waals surface area contributed by atoms with E-state index in [2.05, 4.69) is 0 Å². The van der Waals surface area contributed by atoms with Crippen molar-refractivity contribution in [2.75, 3.05) is 7.11 Å². The predicted octanol–water partition coefficient (Wildman–Crippen LogP) is 2.16. The van der Waals surface area contributed by atoms with E-state index in [4.69, 9.17) is 9.84 Å². The first kappa shape index (κ1) is 14.5. The summed E-state index contributed by atoms with van der Waals surface area (Å²) in [7, 11) is 1.60. The average molecular weight is 252 g/mol. The molecule has 0 saturated carbocycles. The van der Waals surface area contributed by atoms with Gasteiger partial charge in [0.1, 0.15) is 5.75 Å². The molecule has 0 saturated heterocycles. The van der Waals surface area contributed by atoms with Crippen molar-refractivity contribution in [3.05, 3.63) is 29.3 Å². The Morgan fingerprint density at radius 3 is 2.67 bits per heavy atom. The van der Waals surface area contributed by atoms with E-state index >= 15 is 0 Å². The van der Waals surface area contributed by atoms with Gasteiger partial charge in [-0.05, 0) is 38.3 Å². The molecule has 4 nitrogen and oxygen atoms in total. The zero-order valence-corrected chi connectivity index (χ0v) is 11.1. The van der Waals surface area contributed by atoms with E-state index in [0.717, 1.165) is 16.9 Å². The van der Waals surface area contributed by atoms with Gasteiger partial charge in [0.15, 0.2) is 0 Å². The third-order valence-electron chi connectivity index (χ3n) is 2.90. The molecule has 100 valence electrons. The third-order valence-corrected chi connectivity index (χ3v) is 2.90. The van der Waals surface area contributed by atoms with Crippen molar-refractivity contribution in [2.45, 2.75) is 38.7 Å². The van der Waals surface area contributed by atoms with Crippen LogP contribution in [0.25, 0.3) is 0 Å². The first-order valence-corrected chi connectivity index (χ1v) is 5.92. The lowest BCUT2D eigenvalue weighted by Crippen LogP contribution is -2.28. The average Bonchev–Trinajstić information content (AvgIpc) is 2.25. The van der Waals surface area contributed by atoms with Gasteiger partial charge in [0.2, 0.25) is 0 Å². The maximum atomic E-state index is 10.6. The number of methoxy groups -OCH3 is 1. The molecule has 0 spiro atoms. The van der Waals surface area contributed by atoms with Gasteiger partial charge in [-0.1, -0.05) is 17.7 Å². The molecule has 1 aromatic rings. The second-order valence-electron chi connectivity index (χ2n) is 4.88. The maximum Gasteiger partial charge on any atom is 0.306 e. The largest absolute Gasteiger partial charge is 0.496 e. The molecule has 1 aromatic carbocycles. The number of aliphatic hydroxyl groups is 1. The summed E-state index contributed by atoms with van der Waals surface area (Å²) in [6, 6.07) is 5.84. The molecule has 0 aliphatic rings. The standard InChI is InChI=1S/C14H20O4/c1-10-4-5-12(18-3)11(8-10)6-7-14(2,17)9-13(15)16/h4-5,8,17H,6-7,9H2,1-3H3,(H,15,16). The number of aryl methyl sites for hydroxylation is 2. The van der Waals surface area contributed by atoms with Gasteiger partial charge in [-0.25, -0.2) is 0 Å². The molecule has 0 fully saturated rings. The third kappa shape index (κ3) is 4.37. The molecule has 0 heterocycles. The fourth-order valence-electron chi connectivity index (χ4n) is 1.92. The number of aliphatic carboxylic acids is 1. The maximum absolute atomic E-state index is 10.6. The summed E-state index contributed by atoms with van der Waals surface area (Å²) in [5.74, 6) is -0.220. The summed E-state index contributed by atoms with van der Waals surface area (Å²) < 4.78 is 5.25. The molecular formula is C14H20O4. The van der Waals surface area contributed by atoms with Gasteiger partial charge in [0.25, 0.3) is 0 Å². The topological polar surface area (TPSA) is 66.8 Å². The summed E-state index contributed by atoms with van der Waals surface area (Å²) in [5.41, 5.74) is 0.910. The molecular weight excluding hydrogens is 232 g/mol. The molecule has 1 atom stereocenters. The van der Waals surface area contributed by atoms with Crippen LogP contribution in [0.1, 0.15) is 30.9 Å². The van der Waals surface area contributed by atoms with Gasteiger partial charge >= 0.3 is 5.97 Å². The van der Waals surface area contributed by atoms with Crippen molar-refractivity contribution in [2.24, 2.45) is 0 Å². The lowest BCUT2D eigenvalue weighted by atomic mass is 9.93. The Hall–Kier alpha value is -1.55. The molecule has 18 heavy (non-hydrogen) atoms. The molecule has 4 heteroatoms. The van der Waals surface area contributed by atoms with E-state index in [9.17, 15) is 9.90 Å². The Morgan fingerprint density at radius 1 is 1.44 bits per heavy atom. The van der Waals surface area contributed by atoms with Gasteiger partial charge in [-0.2, -0.15) is 0 Å². The van der Waals surface area contributed by atoms with Crippen LogP contribution >= 0.6 is 0 Å². The number of benzene rings is 1. The molecule has 0 radical (unpaired) electrons. The smallest absolute Gasteiger partial charge is 0.306 e. The van der Waals surface area contributed by atoms with Crippen LogP contribution in [-0.2, 0) is 11.2 Å². The van der Waals surface area contributed by atoms with Crippen LogP contribution in [0.15, 0.2) is 18.2 Å². The quantitative estimate of drug-likeness (QED) is 0.814. The number of hydrogen-bond donors (Lipinski definition) is 2. The lowest BCUT2D eigenvalue weighted by Gasteiger charge is -2.21. The van der Waals surface area contributed by atoms with Crippen LogP contribution < -0.4 is 4.74 Å². The number of rotatable bonds is 6. The number of hydrogen-bond acceptors (Lipinski definition) is 3. The highest BCUT2D eigenvalue weighted by Crippen LogP contribution is 2.24. The molecule has 0 amide bonds. The van der Waals surface area contributed by atoms with Crippen LogP contribution in [0, 0.1) is 6.92 Å². The molecule has 0 bridgehead atoms. The SMILES string of the molecule is COc1ccc(C)cc1CCC(C)(O)CC(=O)O. The van der Waals surface area contributed by atoms with Crippen LogP contribution in [-0.4, -0.2) is 28.9 Å². The molecule has 1 rings (SSSR count). The highest BCUT2D eigenvalue weighted by Gasteiger charge is 2.24. The van der Waals surface area contributed by atoms with Crippen molar-refractivity contribution >= 4 is 5.97 Å². The summed E-state index contributed by atoms with van der Waals surface area (Å²) >= 11 is 0. The first-order valence-electron chi connectivity index (χ1n) is 5.92. The Morgan fingerprint density at radius 2 is 2.11 bits per heavy atom. The molecule has 1 unspecified atom stereocenters. The second kappa shape index (κ2) is 5.87. The summed E-state index contributed by atoms with van der Waals surface area (Å²) in [6.45, 7) is 3.53. The Kier molecular flexibility index (Phi) is 4.73. The molecule has 2 N–H and O–H groups in total. The summed E-state index contributed by atoms with van der Waals surface area (Å²) in [4.78, 5) is 10.6. The zero-order valence-electron chi connectivity index (χ0n) is 11.1. The van der Waals surface area contributed by atoms with Gasteiger partial charge < -0.3 is 14.9 Å². The normalized spacial score (nSPS) is 14.0. The van der Waals surface area contributed by atoms with E-state index in [-0.39, 0.29) is 6.42 Å². The molecule has 0 aliphatic carbocycles. The Bertz CT molecular complexity index is 424. The van der Waals surface area contributed by atoms with Crippen LogP contribution in [0.5, 0.6) is 5.75 Å². The van der Waals surface area contributed by atoms with E-state index in [1.54, 1.807) is 14.0 Å². The van der Waals surface area contributed by atoms with E-state index in [1.807, 2.05) is 25.1 Å². The molecule has 0 aromatic heterocycles.